The lowest BCUT2D eigenvalue weighted by molar-refractivity contribution is 0.247. The first-order valence-corrected chi connectivity index (χ1v) is 4.55. The monoisotopic (exact) mass is 169 g/mol. The molecule has 0 aromatic heterocycles. The SMILES string of the molecule is CN(/C=C/C(C)(C)C)C(C)(C)C. The minimum Gasteiger partial charge on any atom is -0.376 e. The molecule has 12 heavy (non-hydrogen) atoms. The number of hydrogen-bond acceptors (Lipinski definition) is 1. The van der Waals surface area contributed by atoms with Gasteiger partial charge in [0.25, 0.3) is 0 Å². The van der Waals surface area contributed by atoms with E-state index in [1.54, 1.807) is 0 Å². The molecule has 0 rings (SSSR count). The van der Waals surface area contributed by atoms with Crippen molar-refractivity contribution in [2.45, 2.75) is 47.1 Å². The molecule has 0 heterocycles. The molecule has 0 aliphatic rings. The van der Waals surface area contributed by atoms with Crippen LogP contribution in [0, 0.1) is 5.41 Å². The second-order valence-corrected chi connectivity index (χ2v) is 5.46. The van der Waals surface area contributed by atoms with E-state index in [1.807, 2.05) is 0 Å². The van der Waals surface area contributed by atoms with Gasteiger partial charge in [0.1, 0.15) is 0 Å². The minimum atomic E-state index is 0.224. The van der Waals surface area contributed by atoms with Crippen molar-refractivity contribution in [1.82, 2.24) is 4.90 Å². The molecule has 0 aromatic rings. The predicted octanol–water partition coefficient (Wildman–Crippen LogP) is 3.28. The average Bonchev–Trinajstić information content (AvgIpc) is 1.78. The van der Waals surface area contributed by atoms with Crippen molar-refractivity contribution in [3.8, 4) is 0 Å². The van der Waals surface area contributed by atoms with Gasteiger partial charge in [-0.05, 0) is 32.4 Å². The van der Waals surface area contributed by atoms with Crippen LogP contribution in [0.25, 0.3) is 0 Å². The summed E-state index contributed by atoms with van der Waals surface area (Å²) < 4.78 is 0. The van der Waals surface area contributed by atoms with Crippen LogP contribution in [0.3, 0.4) is 0 Å². The standard InChI is InChI=1S/C11H23N/c1-10(2,3)8-9-12(7)11(4,5)6/h8-9H,1-7H3/b9-8+. The Bertz CT molecular complexity index is 155. The van der Waals surface area contributed by atoms with E-state index in [4.69, 9.17) is 0 Å². The van der Waals surface area contributed by atoms with Gasteiger partial charge in [0.2, 0.25) is 0 Å². The minimum absolute atomic E-state index is 0.224. The van der Waals surface area contributed by atoms with Gasteiger partial charge in [-0.3, -0.25) is 0 Å². The smallest absolute Gasteiger partial charge is 0.0309 e. The van der Waals surface area contributed by atoms with Gasteiger partial charge in [0.05, 0.1) is 0 Å². The van der Waals surface area contributed by atoms with Crippen molar-refractivity contribution in [2.24, 2.45) is 5.41 Å². The van der Waals surface area contributed by atoms with Gasteiger partial charge >= 0.3 is 0 Å². The fourth-order valence-electron chi connectivity index (χ4n) is 0.559. The Balaban J connectivity index is 4.19. The zero-order chi connectivity index (χ0) is 9.99. The van der Waals surface area contributed by atoms with Gasteiger partial charge in [-0.15, -0.1) is 0 Å². The zero-order valence-electron chi connectivity index (χ0n) is 9.60. The Kier molecular flexibility index (Phi) is 3.37. The molecule has 1 nitrogen and oxygen atoms in total. The highest BCUT2D eigenvalue weighted by atomic mass is 15.1. The van der Waals surface area contributed by atoms with E-state index in [2.05, 4.69) is 65.8 Å². The Morgan fingerprint density at radius 3 is 1.58 bits per heavy atom. The third-order valence-corrected chi connectivity index (χ3v) is 1.86. The second-order valence-electron chi connectivity index (χ2n) is 5.46. The first-order chi connectivity index (χ1) is 5.13. The van der Waals surface area contributed by atoms with E-state index >= 15 is 0 Å². The molecule has 0 bridgehead atoms. The number of allylic oxidation sites excluding steroid dienone is 1. The Morgan fingerprint density at radius 2 is 1.33 bits per heavy atom. The van der Waals surface area contributed by atoms with E-state index in [9.17, 15) is 0 Å². The van der Waals surface area contributed by atoms with Crippen molar-refractivity contribution >= 4 is 0 Å². The second kappa shape index (κ2) is 3.51. The molecule has 0 spiro atoms. The van der Waals surface area contributed by atoms with Crippen molar-refractivity contribution in [2.75, 3.05) is 7.05 Å². The highest BCUT2D eigenvalue weighted by molar-refractivity contribution is 4.94. The predicted molar refractivity (Wildman–Crippen MR) is 56.1 cm³/mol. The van der Waals surface area contributed by atoms with Crippen LogP contribution in [0.15, 0.2) is 12.3 Å². The molecule has 1 heteroatoms. The summed E-state index contributed by atoms with van der Waals surface area (Å²) in [6.07, 6.45) is 4.40. The van der Waals surface area contributed by atoms with Crippen molar-refractivity contribution in [3.63, 3.8) is 0 Å². The average molecular weight is 169 g/mol. The third-order valence-electron chi connectivity index (χ3n) is 1.86. The first-order valence-electron chi connectivity index (χ1n) is 4.55. The lowest BCUT2D eigenvalue weighted by Gasteiger charge is -2.31. The van der Waals surface area contributed by atoms with Crippen molar-refractivity contribution in [3.05, 3.63) is 12.3 Å². The van der Waals surface area contributed by atoms with E-state index < -0.39 is 0 Å². The maximum atomic E-state index is 2.23. The molecule has 0 N–H and O–H groups in total. The molecular weight excluding hydrogens is 146 g/mol. The van der Waals surface area contributed by atoms with E-state index in [1.165, 1.54) is 0 Å². The summed E-state index contributed by atoms with van der Waals surface area (Å²) in [4.78, 5) is 2.23. The number of nitrogens with zero attached hydrogens (tertiary/aromatic N) is 1. The lowest BCUT2D eigenvalue weighted by Crippen LogP contribution is -2.33. The summed E-state index contributed by atoms with van der Waals surface area (Å²) in [5.74, 6) is 0. The van der Waals surface area contributed by atoms with Crippen LogP contribution in [0.2, 0.25) is 0 Å². The Labute approximate surface area is 77.5 Å². The van der Waals surface area contributed by atoms with Gasteiger partial charge in [0.15, 0.2) is 0 Å². The molecule has 0 aromatic carbocycles. The molecule has 0 radical (unpaired) electrons. The van der Waals surface area contributed by atoms with Gasteiger partial charge in [0, 0.05) is 12.6 Å². The molecule has 0 saturated heterocycles. The number of rotatable bonds is 1. The fourth-order valence-corrected chi connectivity index (χ4v) is 0.559. The molecule has 0 saturated carbocycles. The van der Waals surface area contributed by atoms with Crippen LogP contribution in [-0.4, -0.2) is 17.5 Å². The van der Waals surface area contributed by atoms with E-state index in [0.717, 1.165) is 0 Å². The van der Waals surface area contributed by atoms with Crippen LogP contribution < -0.4 is 0 Å². The molecule has 0 unspecified atom stereocenters. The van der Waals surface area contributed by atoms with Crippen LogP contribution in [0.4, 0.5) is 0 Å². The summed E-state index contributed by atoms with van der Waals surface area (Å²) >= 11 is 0. The molecule has 0 aliphatic heterocycles. The molecule has 0 atom stereocenters. The maximum Gasteiger partial charge on any atom is 0.0309 e. The van der Waals surface area contributed by atoms with Crippen LogP contribution in [-0.2, 0) is 0 Å². The van der Waals surface area contributed by atoms with Crippen LogP contribution >= 0.6 is 0 Å². The van der Waals surface area contributed by atoms with Crippen molar-refractivity contribution < 1.29 is 0 Å². The number of hydrogen-bond donors (Lipinski definition) is 0. The Morgan fingerprint density at radius 1 is 0.917 bits per heavy atom. The van der Waals surface area contributed by atoms with Crippen LogP contribution in [0.1, 0.15) is 41.5 Å². The fraction of sp³-hybridized carbons (Fsp3) is 0.818. The third kappa shape index (κ3) is 5.22. The van der Waals surface area contributed by atoms with Gasteiger partial charge < -0.3 is 4.90 Å². The van der Waals surface area contributed by atoms with Crippen LogP contribution in [0.5, 0.6) is 0 Å². The van der Waals surface area contributed by atoms with E-state index in [0.29, 0.717) is 0 Å². The molecule has 72 valence electrons. The summed E-state index contributed by atoms with van der Waals surface area (Å²) in [6.45, 7) is 13.3. The summed E-state index contributed by atoms with van der Waals surface area (Å²) in [7, 11) is 2.11. The summed E-state index contributed by atoms with van der Waals surface area (Å²) in [5, 5.41) is 0. The highest BCUT2D eigenvalue weighted by Gasteiger charge is 2.13. The van der Waals surface area contributed by atoms with Gasteiger partial charge in [-0.1, -0.05) is 26.8 Å². The molecular formula is C11H23N. The molecule has 0 aliphatic carbocycles. The lowest BCUT2D eigenvalue weighted by atomic mass is 9.96. The highest BCUT2D eigenvalue weighted by Crippen LogP contribution is 2.17. The Hall–Kier alpha value is -0.460. The first kappa shape index (κ1) is 11.5. The largest absolute Gasteiger partial charge is 0.376 e. The molecule has 0 amide bonds. The topological polar surface area (TPSA) is 3.24 Å². The zero-order valence-corrected chi connectivity index (χ0v) is 9.60. The molecule has 0 fully saturated rings. The maximum absolute atomic E-state index is 2.23. The quantitative estimate of drug-likeness (QED) is 0.582. The van der Waals surface area contributed by atoms with Gasteiger partial charge in [-0.25, -0.2) is 0 Å². The normalized spacial score (nSPS) is 13.9. The summed E-state index contributed by atoms with van der Waals surface area (Å²) in [5.41, 5.74) is 0.501. The van der Waals surface area contributed by atoms with Gasteiger partial charge in [-0.2, -0.15) is 0 Å². The van der Waals surface area contributed by atoms with E-state index in [-0.39, 0.29) is 11.0 Å². The summed E-state index contributed by atoms with van der Waals surface area (Å²) in [6, 6.07) is 0. The van der Waals surface area contributed by atoms with Crippen molar-refractivity contribution in [1.29, 1.82) is 0 Å².